The van der Waals surface area contributed by atoms with Gasteiger partial charge in [-0.2, -0.15) is 0 Å². The van der Waals surface area contributed by atoms with Crippen LogP contribution in [-0.4, -0.2) is 9.55 Å². The van der Waals surface area contributed by atoms with Gasteiger partial charge in [0.15, 0.2) is 0 Å². The van der Waals surface area contributed by atoms with Crippen LogP contribution in [0.25, 0.3) is 0 Å². The van der Waals surface area contributed by atoms with Gasteiger partial charge in [-0.25, -0.2) is 4.98 Å². The highest BCUT2D eigenvalue weighted by Crippen LogP contribution is 2.40. The molecule has 2 aliphatic carbocycles. The zero-order valence-electron chi connectivity index (χ0n) is 10.9. The van der Waals surface area contributed by atoms with Crippen molar-refractivity contribution < 1.29 is 0 Å². The first-order valence-electron chi connectivity index (χ1n) is 6.72. The van der Waals surface area contributed by atoms with Crippen molar-refractivity contribution in [1.82, 2.24) is 9.55 Å². The SMILES string of the molecule is C1=CC=C(C2(Cn3ccnc3)C=CC=CC2)CC=C1. The number of aromatic nitrogens is 2. The zero-order valence-corrected chi connectivity index (χ0v) is 10.9. The molecule has 96 valence electrons. The minimum absolute atomic E-state index is 0.0778. The summed E-state index contributed by atoms with van der Waals surface area (Å²) in [7, 11) is 0. The lowest BCUT2D eigenvalue weighted by molar-refractivity contribution is 0.379. The Hall–Kier alpha value is -2.09. The van der Waals surface area contributed by atoms with E-state index in [9.17, 15) is 0 Å². The third-order valence-electron chi connectivity index (χ3n) is 3.80. The van der Waals surface area contributed by atoms with Crippen LogP contribution >= 0.6 is 0 Å². The van der Waals surface area contributed by atoms with Gasteiger partial charge in [-0.1, -0.05) is 60.3 Å². The normalized spacial score (nSPS) is 25.4. The second-order valence-corrected chi connectivity index (χ2v) is 5.09. The van der Waals surface area contributed by atoms with Crippen LogP contribution in [0.3, 0.4) is 0 Å². The number of hydrogen-bond donors (Lipinski definition) is 0. The van der Waals surface area contributed by atoms with Crippen LogP contribution in [-0.2, 0) is 6.54 Å². The first-order valence-corrected chi connectivity index (χ1v) is 6.72. The molecule has 1 aromatic heterocycles. The Morgan fingerprint density at radius 1 is 1.11 bits per heavy atom. The van der Waals surface area contributed by atoms with Gasteiger partial charge in [-0.3, -0.25) is 0 Å². The lowest BCUT2D eigenvalue weighted by Gasteiger charge is -2.34. The third-order valence-corrected chi connectivity index (χ3v) is 3.80. The van der Waals surface area contributed by atoms with Gasteiger partial charge < -0.3 is 4.57 Å². The molecule has 0 amide bonds. The molecule has 0 bridgehead atoms. The first-order chi connectivity index (χ1) is 9.39. The topological polar surface area (TPSA) is 17.8 Å². The Balaban J connectivity index is 1.95. The van der Waals surface area contributed by atoms with E-state index in [1.165, 1.54) is 5.57 Å². The summed E-state index contributed by atoms with van der Waals surface area (Å²) in [6.07, 6.45) is 27.6. The molecule has 1 atom stereocenters. The maximum atomic E-state index is 4.16. The Bertz CT molecular complexity index is 570. The molecule has 1 heterocycles. The van der Waals surface area contributed by atoms with Crippen LogP contribution in [0, 0.1) is 5.41 Å². The van der Waals surface area contributed by atoms with E-state index in [2.05, 4.69) is 64.2 Å². The highest BCUT2D eigenvalue weighted by molar-refractivity contribution is 5.35. The second-order valence-electron chi connectivity index (χ2n) is 5.09. The smallest absolute Gasteiger partial charge is 0.0946 e. The first kappa shape index (κ1) is 12.0. The van der Waals surface area contributed by atoms with Crippen molar-refractivity contribution in [2.75, 3.05) is 0 Å². The fraction of sp³-hybridized carbons (Fsp3) is 0.235. The summed E-state index contributed by atoms with van der Waals surface area (Å²) in [6, 6.07) is 0. The third kappa shape index (κ3) is 2.53. The molecule has 0 aromatic carbocycles. The molecule has 2 heteroatoms. The Kier molecular flexibility index (Phi) is 3.32. The molecule has 3 rings (SSSR count). The van der Waals surface area contributed by atoms with Gasteiger partial charge in [0, 0.05) is 24.4 Å². The van der Waals surface area contributed by atoms with Crippen LogP contribution in [0.4, 0.5) is 0 Å². The fourth-order valence-electron chi connectivity index (χ4n) is 2.77. The molecule has 0 saturated carbocycles. The molecule has 0 spiro atoms. The Morgan fingerprint density at radius 3 is 2.84 bits per heavy atom. The molecule has 1 aromatic rings. The summed E-state index contributed by atoms with van der Waals surface area (Å²) in [5.74, 6) is 0. The average Bonchev–Trinajstić information content (AvgIpc) is 2.79. The van der Waals surface area contributed by atoms with E-state index < -0.39 is 0 Å². The van der Waals surface area contributed by atoms with Crippen LogP contribution in [0.15, 0.2) is 79.0 Å². The quantitative estimate of drug-likeness (QED) is 0.797. The van der Waals surface area contributed by atoms with E-state index in [0.29, 0.717) is 0 Å². The minimum Gasteiger partial charge on any atom is -0.336 e. The number of nitrogens with zero attached hydrogens (tertiary/aromatic N) is 2. The van der Waals surface area contributed by atoms with Gasteiger partial charge in [-0.05, 0) is 12.8 Å². The molecule has 2 aliphatic rings. The van der Waals surface area contributed by atoms with Gasteiger partial charge >= 0.3 is 0 Å². The van der Waals surface area contributed by atoms with Crippen molar-refractivity contribution in [3.8, 4) is 0 Å². The lowest BCUT2D eigenvalue weighted by atomic mass is 9.73. The van der Waals surface area contributed by atoms with Crippen molar-refractivity contribution in [2.45, 2.75) is 19.4 Å². The maximum absolute atomic E-state index is 4.16. The van der Waals surface area contributed by atoms with Crippen molar-refractivity contribution >= 4 is 0 Å². The summed E-state index contributed by atoms with van der Waals surface area (Å²) in [5.41, 5.74) is 1.54. The van der Waals surface area contributed by atoms with Crippen LogP contribution in [0.1, 0.15) is 12.8 Å². The molecule has 0 saturated heterocycles. The highest BCUT2D eigenvalue weighted by Gasteiger charge is 2.31. The average molecular weight is 250 g/mol. The molecule has 0 radical (unpaired) electrons. The van der Waals surface area contributed by atoms with E-state index in [1.54, 1.807) is 0 Å². The molecular formula is C17H18N2. The summed E-state index contributed by atoms with van der Waals surface area (Å²) in [4.78, 5) is 4.16. The van der Waals surface area contributed by atoms with Gasteiger partial charge in [0.1, 0.15) is 0 Å². The van der Waals surface area contributed by atoms with E-state index in [4.69, 9.17) is 0 Å². The number of imidazole rings is 1. The zero-order chi connectivity index (χ0) is 13.0. The van der Waals surface area contributed by atoms with Gasteiger partial charge in [0.2, 0.25) is 0 Å². The highest BCUT2D eigenvalue weighted by atomic mass is 15.0. The van der Waals surface area contributed by atoms with E-state index in [-0.39, 0.29) is 5.41 Å². The number of hydrogen-bond acceptors (Lipinski definition) is 1. The standard InChI is InChI=1S/C17H18N2/c1-2-5-9-16(8-4-1)17(10-6-3-7-11-17)14-19-13-12-18-15-19/h1-8,10,12-13,15H,9,11,14H2. The molecule has 0 N–H and O–H groups in total. The summed E-state index contributed by atoms with van der Waals surface area (Å²) >= 11 is 0. The summed E-state index contributed by atoms with van der Waals surface area (Å²) in [6.45, 7) is 0.946. The van der Waals surface area contributed by atoms with Crippen LogP contribution in [0.2, 0.25) is 0 Å². The molecule has 0 aliphatic heterocycles. The second kappa shape index (κ2) is 5.27. The minimum atomic E-state index is 0.0778. The monoisotopic (exact) mass is 250 g/mol. The largest absolute Gasteiger partial charge is 0.336 e. The Labute approximate surface area is 114 Å². The number of allylic oxidation sites excluding steroid dienone is 10. The van der Waals surface area contributed by atoms with E-state index in [0.717, 1.165) is 19.4 Å². The molecule has 19 heavy (non-hydrogen) atoms. The van der Waals surface area contributed by atoms with E-state index in [1.807, 2.05) is 18.7 Å². The summed E-state index contributed by atoms with van der Waals surface area (Å²) in [5, 5.41) is 0. The maximum Gasteiger partial charge on any atom is 0.0946 e. The van der Waals surface area contributed by atoms with Crippen LogP contribution in [0.5, 0.6) is 0 Å². The van der Waals surface area contributed by atoms with Gasteiger partial charge in [-0.15, -0.1) is 0 Å². The Morgan fingerprint density at radius 2 is 2.05 bits per heavy atom. The van der Waals surface area contributed by atoms with Crippen LogP contribution < -0.4 is 0 Å². The van der Waals surface area contributed by atoms with Crippen molar-refractivity contribution in [1.29, 1.82) is 0 Å². The molecule has 1 unspecified atom stereocenters. The number of rotatable bonds is 3. The van der Waals surface area contributed by atoms with Gasteiger partial charge in [0.05, 0.1) is 6.33 Å². The predicted octanol–water partition coefficient (Wildman–Crippen LogP) is 3.83. The lowest BCUT2D eigenvalue weighted by Crippen LogP contribution is -2.27. The van der Waals surface area contributed by atoms with Crippen molar-refractivity contribution in [3.05, 3.63) is 79.0 Å². The molecular weight excluding hydrogens is 232 g/mol. The van der Waals surface area contributed by atoms with Crippen molar-refractivity contribution in [2.24, 2.45) is 5.41 Å². The van der Waals surface area contributed by atoms with Crippen molar-refractivity contribution in [3.63, 3.8) is 0 Å². The molecule has 2 nitrogen and oxygen atoms in total. The fourth-order valence-corrected chi connectivity index (χ4v) is 2.77. The predicted molar refractivity (Wildman–Crippen MR) is 78.5 cm³/mol. The molecule has 0 fully saturated rings. The summed E-state index contributed by atoms with van der Waals surface area (Å²) < 4.78 is 2.17. The van der Waals surface area contributed by atoms with E-state index >= 15 is 0 Å². The van der Waals surface area contributed by atoms with Gasteiger partial charge in [0.25, 0.3) is 0 Å².